The summed E-state index contributed by atoms with van der Waals surface area (Å²) in [5.41, 5.74) is 0.544. The van der Waals surface area contributed by atoms with Gasteiger partial charge in [-0.05, 0) is 130 Å². The maximum Gasteiger partial charge on any atom is 0.524 e. The predicted molar refractivity (Wildman–Crippen MR) is 292 cm³/mol. The number of phosphoric ester groups is 1. The van der Waals surface area contributed by atoms with Crippen LogP contribution in [0.2, 0.25) is 0 Å². The molecule has 80 heavy (non-hydrogen) atoms. The van der Waals surface area contributed by atoms with Crippen LogP contribution in [0.4, 0.5) is 0 Å². The number of amides is 1. The molecule has 4 unspecified atom stereocenters. The number of pyridine rings is 1. The van der Waals surface area contributed by atoms with Crippen LogP contribution in [0.5, 0.6) is 5.75 Å². The number of fused-ring (bicyclic) bond motifs is 7. The fourth-order valence-electron chi connectivity index (χ4n) is 14.3. The number of aliphatic hydroxyl groups is 2. The Morgan fingerprint density at radius 1 is 0.938 bits per heavy atom. The summed E-state index contributed by atoms with van der Waals surface area (Å²) in [7, 11) is -4.97. The van der Waals surface area contributed by atoms with E-state index in [1.807, 2.05) is 19.1 Å². The molecule has 4 saturated carbocycles. The van der Waals surface area contributed by atoms with Crippen LogP contribution in [0.3, 0.4) is 0 Å². The summed E-state index contributed by atoms with van der Waals surface area (Å²) in [6, 6.07) is 18.2. The highest BCUT2D eigenvalue weighted by atomic mass is 35.5. The fraction of sp³-hybridized carbons (Fsp3) is 0.590. The molecule has 9 rings (SSSR count). The van der Waals surface area contributed by atoms with Gasteiger partial charge in [-0.25, -0.2) is 4.57 Å². The number of carbonyl (C=O) groups is 4. The van der Waals surface area contributed by atoms with E-state index in [2.05, 4.69) is 41.8 Å². The molecule has 0 radical (unpaired) electrons. The quantitative estimate of drug-likeness (QED) is 0.0281. The minimum atomic E-state index is -4.97. The fourth-order valence-corrected chi connectivity index (χ4v) is 14.7. The van der Waals surface area contributed by atoms with Gasteiger partial charge in [0.1, 0.15) is 17.9 Å². The van der Waals surface area contributed by atoms with E-state index in [1.54, 1.807) is 41.1 Å². The number of phosphoric acid groups is 1. The molecule has 6 N–H and O–H groups in total. The van der Waals surface area contributed by atoms with E-state index in [0.717, 1.165) is 102 Å². The zero-order chi connectivity index (χ0) is 55.8. The number of unbranched alkanes of at least 4 members (excludes halogenated alkanes) is 4. The summed E-state index contributed by atoms with van der Waals surface area (Å²) in [4.78, 5) is 73.7. The zero-order valence-corrected chi connectivity index (χ0v) is 47.8. The first-order valence-corrected chi connectivity index (χ1v) is 30.3. The van der Waals surface area contributed by atoms with Gasteiger partial charge in [0, 0.05) is 48.5 Å². The highest BCUT2D eigenvalue weighted by Gasteiger charge is 2.76. The summed E-state index contributed by atoms with van der Waals surface area (Å²) in [6.07, 6.45) is 20.0. The van der Waals surface area contributed by atoms with Crippen molar-refractivity contribution < 1.29 is 84.2 Å². The zero-order valence-electron chi connectivity index (χ0n) is 46.2. The molecular weight excluding hydrogens is 1070 g/mol. The number of nitrogens with one attached hydrogen (secondary N) is 2. The summed E-state index contributed by atoms with van der Waals surface area (Å²) in [5, 5.41) is 29.2. The normalized spacial score (nSPS) is 28.3. The third-order valence-corrected chi connectivity index (χ3v) is 18.6. The van der Waals surface area contributed by atoms with Crippen molar-refractivity contribution in [3.63, 3.8) is 0 Å². The minimum absolute atomic E-state index is 0. The molecule has 1 saturated heterocycles. The molecule has 1 aliphatic heterocycles. The molecule has 436 valence electrons. The number of allylic oxidation sites excluding steroid dienone is 4. The highest BCUT2D eigenvalue weighted by molar-refractivity contribution is 7.46. The van der Waals surface area contributed by atoms with Crippen LogP contribution in [0.25, 0.3) is 0 Å². The van der Waals surface area contributed by atoms with Crippen LogP contribution < -0.4 is 32.1 Å². The standard InChI is InChI=1S/C61H80N3O14P.ClH/c1-59-27-26-47(65)33-46(59)23-24-48-49-34-54-61(60(49,2)35-50(66)56(48)59,77-58(76-54)42-19-9-6-10-20-42)53(68)40-75-55(69)37-63-57(70)44-21-15-29-64(38-44)39-45-32-43(22-25-52(45)78-79(71,72)73)51(67)36-62-28-12-3-4-13-30-74-31-14-11-18-41-16-7-5-8-17-41;/h5,7-8,15-17,21-22,25-27,29,32-33,38,42,48-51,54,56,58,62,66-67H,3-4,6,9-14,18-20,23-24,28,30-31,34-37,39-40H2,1-2H3,(H2-,63,70,71,72,73);1H/t48?,49?,50-,51?,54+,56?,58+,59-,60-,61+;/m0./s1. The first-order chi connectivity index (χ1) is 38.0. The molecule has 6 aliphatic rings. The van der Waals surface area contributed by atoms with Crippen LogP contribution in [0, 0.1) is 34.5 Å². The number of ketones is 2. The molecule has 19 heteroatoms. The molecule has 5 fully saturated rings. The first-order valence-electron chi connectivity index (χ1n) is 28.8. The van der Waals surface area contributed by atoms with Crippen molar-refractivity contribution in [2.75, 3.05) is 39.5 Å². The van der Waals surface area contributed by atoms with Crippen LogP contribution in [0.1, 0.15) is 143 Å². The molecule has 0 spiro atoms. The summed E-state index contributed by atoms with van der Waals surface area (Å²) in [5.74, 6) is -2.11. The average Bonchev–Trinajstić information content (AvgIpc) is 3.94. The number of Topliss-reactive ketones (excluding diaryl/α,β-unsaturated/α-hetero) is 1. The Bertz CT molecular complexity index is 2750. The number of benzene rings is 2. The van der Waals surface area contributed by atoms with Crippen LogP contribution in [0.15, 0.2) is 96.9 Å². The maximum atomic E-state index is 14.9. The van der Waals surface area contributed by atoms with Crippen molar-refractivity contribution in [1.29, 1.82) is 0 Å². The Morgan fingerprint density at radius 3 is 2.48 bits per heavy atom. The van der Waals surface area contributed by atoms with Crippen molar-refractivity contribution in [1.82, 2.24) is 10.6 Å². The van der Waals surface area contributed by atoms with E-state index in [-0.39, 0.29) is 72.7 Å². The largest absolute Gasteiger partial charge is 1.00 e. The number of hydrogen-bond donors (Lipinski definition) is 6. The Kier molecular flexibility index (Phi) is 20.9. The number of aryl methyl sites for hydroxylation is 1. The molecule has 17 nitrogen and oxygen atoms in total. The number of hydrogen-bond acceptors (Lipinski definition) is 13. The summed E-state index contributed by atoms with van der Waals surface area (Å²) < 4.78 is 43.9. The van der Waals surface area contributed by atoms with Gasteiger partial charge in [-0.15, -0.1) is 0 Å². The molecule has 2 heterocycles. The van der Waals surface area contributed by atoms with Crippen molar-refractivity contribution in [3.8, 4) is 5.75 Å². The lowest BCUT2D eigenvalue weighted by Crippen LogP contribution is -3.00. The Morgan fingerprint density at radius 2 is 1.70 bits per heavy atom. The Balaban J connectivity index is 0.00000841. The SMILES string of the molecule is C[C@]12C=CC(=O)C=C1CCC1C2[C@@H](O)C[C@@]2(C)C1C[C@H]1O[C@@H](C3CCCCC3)O[C@]12C(=O)COC(=O)CNC(=O)c1ccc[n+](Cc2cc(C(O)CNCCCCCCOCCCCc3ccccc3)ccc2OP(=O)(O)O)c1.[Cl-]. The Hall–Kier alpha value is -4.65. The first kappa shape index (κ1) is 61.4. The average molecular weight is 1150 g/mol. The smallest absolute Gasteiger partial charge is 0.524 e. The van der Waals surface area contributed by atoms with Crippen molar-refractivity contribution in [3.05, 3.63) is 119 Å². The number of rotatable bonds is 26. The molecule has 1 amide bonds. The number of halogens is 1. The number of ether oxygens (including phenoxy) is 4. The van der Waals surface area contributed by atoms with E-state index in [1.165, 1.54) is 23.9 Å². The number of aliphatic hydroxyl groups excluding tert-OH is 2. The molecular formula is C61H81ClN3O14P. The van der Waals surface area contributed by atoms with Gasteiger partial charge in [-0.2, -0.15) is 4.57 Å². The topological polar surface area (TPSA) is 240 Å². The van der Waals surface area contributed by atoms with Gasteiger partial charge in [0.15, 0.2) is 43.2 Å². The summed E-state index contributed by atoms with van der Waals surface area (Å²) >= 11 is 0. The highest BCUT2D eigenvalue weighted by Crippen LogP contribution is 2.70. The number of nitrogens with zero attached hydrogens (tertiary/aromatic N) is 1. The van der Waals surface area contributed by atoms with Gasteiger partial charge in [0.25, 0.3) is 5.91 Å². The maximum absolute atomic E-state index is 14.9. The van der Waals surface area contributed by atoms with E-state index in [4.69, 9.17) is 23.5 Å². The Labute approximate surface area is 476 Å². The van der Waals surface area contributed by atoms with Crippen molar-refractivity contribution in [2.24, 2.45) is 34.5 Å². The van der Waals surface area contributed by atoms with Gasteiger partial charge >= 0.3 is 13.8 Å². The van der Waals surface area contributed by atoms with Gasteiger partial charge in [0.05, 0.1) is 23.9 Å². The lowest BCUT2D eigenvalue weighted by Gasteiger charge is -2.59. The van der Waals surface area contributed by atoms with Crippen LogP contribution in [-0.4, -0.2) is 107 Å². The van der Waals surface area contributed by atoms with E-state index in [9.17, 15) is 43.7 Å². The van der Waals surface area contributed by atoms with Gasteiger partial charge in [-0.3, -0.25) is 29.0 Å². The minimum Gasteiger partial charge on any atom is -1.00 e. The summed E-state index contributed by atoms with van der Waals surface area (Å²) in [6.45, 7) is 5.43. The lowest BCUT2D eigenvalue weighted by atomic mass is 9.46. The van der Waals surface area contributed by atoms with E-state index < -0.39 is 79.7 Å². The van der Waals surface area contributed by atoms with E-state index >= 15 is 0 Å². The molecule has 10 atom stereocenters. The predicted octanol–water partition coefficient (Wildman–Crippen LogP) is 4.51. The molecule has 1 aromatic heterocycles. The second-order valence-electron chi connectivity index (χ2n) is 23.4. The molecule has 5 aliphatic carbocycles. The van der Waals surface area contributed by atoms with Gasteiger partial charge < -0.3 is 56.7 Å². The van der Waals surface area contributed by atoms with Crippen LogP contribution >= 0.6 is 7.82 Å². The number of esters is 1. The van der Waals surface area contributed by atoms with Gasteiger partial charge in [0.2, 0.25) is 5.78 Å². The van der Waals surface area contributed by atoms with Crippen molar-refractivity contribution in [2.45, 2.75) is 153 Å². The third-order valence-electron chi connectivity index (χ3n) is 18.2. The molecule has 2 aromatic carbocycles. The lowest BCUT2D eigenvalue weighted by molar-refractivity contribution is -0.688. The molecule has 3 aromatic rings. The number of aromatic nitrogens is 1. The molecule has 0 bridgehead atoms. The monoisotopic (exact) mass is 1150 g/mol. The van der Waals surface area contributed by atoms with Crippen molar-refractivity contribution >= 4 is 31.3 Å². The van der Waals surface area contributed by atoms with Gasteiger partial charge in [-0.1, -0.05) is 94.0 Å². The number of carbonyl (C=O) groups excluding carboxylic acids is 4. The van der Waals surface area contributed by atoms with E-state index in [0.29, 0.717) is 30.5 Å². The second kappa shape index (κ2) is 27.2. The van der Waals surface area contributed by atoms with Crippen LogP contribution in [-0.2, 0) is 50.9 Å². The second-order valence-corrected chi connectivity index (χ2v) is 24.5. The third kappa shape index (κ3) is 14.0.